The molecular weight excluding hydrogens is 494 g/mol. The molecule has 5 N–H and O–H groups in total. The molecule has 0 heterocycles. The Morgan fingerprint density at radius 1 is 0.974 bits per heavy atom. The Morgan fingerprint density at radius 2 is 1.61 bits per heavy atom. The summed E-state index contributed by atoms with van der Waals surface area (Å²) in [6, 6.07) is 10.2. The number of non-ortho nitro benzene ring substituents is 1. The first kappa shape index (κ1) is 29.7. The van der Waals surface area contributed by atoms with E-state index in [2.05, 4.69) is 16.0 Å². The molecule has 0 aromatic heterocycles. The summed E-state index contributed by atoms with van der Waals surface area (Å²) in [5.74, 6) is -1.48. The number of nitrogens with one attached hydrogen (secondary N) is 3. The summed E-state index contributed by atoms with van der Waals surface area (Å²) in [4.78, 5) is 58.8. The Kier molecular flexibility index (Phi) is 11.2. The number of nitro benzene ring substituents is 1. The highest BCUT2D eigenvalue weighted by molar-refractivity contribution is 5.97. The van der Waals surface area contributed by atoms with Crippen LogP contribution >= 0.6 is 0 Å². The van der Waals surface area contributed by atoms with E-state index >= 15 is 0 Å². The zero-order valence-corrected chi connectivity index (χ0v) is 21.6. The third kappa shape index (κ3) is 9.52. The van der Waals surface area contributed by atoms with Crippen molar-refractivity contribution in [3.63, 3.8) is 0 Å². The first-order valence-electron chi connectivity index (χ1n) is 12.1. The summed E-state index contributed by atoms with van der Waals surface area (Å²) >= 11 is 0. The van der Waals surface area contributed by atoms with Gasteiger partial charge in [0.15, 0.2) is 0 Å². The van der Waals surface area contributed by atoms with E-state index < -0.39 is 28.9 Å². The Bertz CT molecular complexity index is 1130. The van der Waals surface area contributed by atoms with Gasteiger partial charge in [-0.25, -0.2) is 9.59 Å². The second-order valence-electron chi connectivity index (χ2n) is 9.09. The van der Waals surface area contributed by atoms with Gasteiger partial charge in [0.1, 0.15) is 12.6 Å². The zero-order chi connectivity index (χ0) is 28.2. The number of nitro groups is 1. The van der Waals surface area contributed by atoms with Gasteiger partial charge in [-0.3, -0.25) is 19.7 Å². The minimum absolute atomic E-state index is 0.0390. The number of primary amides is 1. The molecule has 0 saturated heterocycles. The predicted molar refractivity (Wildman–Crippen MR) is 140 cm³/mol. The SMILES string of the molecule is CC(C)[C@H](C)C(=O)N[C@@H](CCCNC(N)=O)C(=O)Nc1ccc(COC(=O)c2ccc([N+](=O)[O-])cc2)cc1. The first-order chi connectivity index (χ1) is 18.0. The summed E-state index contributed by atoms with van der Waals surface area (Å²) in [6.07, 6.45) is 0.718. The molecule has 204 valence electrons. The minimum atomic E-state index is -0.819. The topological polar surface area (TPSA) is 183 Å². The van der Waals surface area contributed by atoms with E-state index in [0.29, 0.717) is 24.1 Å². The third-order valence-electron chi connectivity index (χ3n) is 5.92. The van der Waals surface area contributed by atoms with E-state index in [-0.39, 0.29) is 42.1 Å². The van der Waals surface area contributed by atoms with Crippen LogP contribution in [0.15, 0.2) is 48.5 Å². The van der Waals surface area contributed by atoms with Crippen LogP contribution in [0.5, 0.6) is 0 Å². The van der Waals surface area contributed by atoms with Gasteiger partial charge < -0.3 is 26.4 Å². The van der Waals surface area contributed by atoms with Crippen LogP contribution in [0.2, 0.25) is 0 Å². The molecule has 0 radical (unpaired) electrons. The van der Waals surface area contributed by atoms with E-state index in [1.165, 1.54) is 24.3 Å². The van der Waals surface area contributed by atoms with E-state index in [1.807, 2.05) is 13.8 Å². The standard InChI is InChI=1S/C26H33N5O7/c1-16(2)17(3)23(32)30-22(5-4-14-28-26(27)35)24(33)29-20-10-6-18(7-11-20)15-38-25(34)19-8-12-21(13-9-19)31(36)37/h6-13,16-17,22H,4-5,14-15H2,1-3H3,(H,29,33)(H,30,32)(H3,27,28,35)/t17-,22-/m0/s1. The maximum Gasteiger partial charge on any atom is 0.338 e. The number of nitrogens with two attached hydrogens (primary N) is 1. The van der Waals surface area contributed by atoms with Gasteiger partial charge in [0, 0.05) is 30.3 Å². The van der Waals surface area contributed by atoms with Crippen molar-refractivity contribution >= 4 is 35.2 Å². The number of hydrogen-bond donors (Lipinski definition) is 4. The molecule has 0 spiro atoms. The molecule has 12 heteroatoms. The number of nitrogens with zero attached hydrogens (tertiary/aromatic N) is 1. The van der Waals surface area contributed by atoms with E-state index in [0.717, 1.165) is 0 Å². The fraction of sp³-hybridized carbons (Fsp3) is 0.385. The lowest BCUT2D eigenvalue weighted by molar-refractivity contribution is -0.384. The Balaban J connectivity index is 1.96. The Morgan fingerprint density at radius 3 is 2.16 bits per heavy atom. The molecule has 4 amide bonds. The van der Waals surface area contributed by atoms with Gasteiger partial charge in [-0.05, 0) is 48.6 Å². The number of hydrogen-bond acceptors (Lipinski definition) is 7. The molecule has 0 aliphatic heterocycles. The molecule has 2 aromatic carbocycles. The number of amides is 4. The van der Waals surface area contributed by atoms with Gasteiger partial charge in [-0.1, -0.05) is 32.9 Å². The number of esters is 1. The number of anilines is 1. The van der Waals surface area contributed by atoms with Crippen LogP contribution in [0.3, 0.4) is 0 Å². The molecule has 0 fully saturated rings. The van der Waals surface area contributed by atoms with Crippen LogP contribution in [0, 0.1) is 22.0 Å². The van der Waals surface area contributed by atoms with E-state index in [4.69, 9.17) is 10.5 Å². The van der Waals surface area contributed by atoms with E-state index in [9.17, 15) is 29.3 Å². The quantitative estimate of drug-likeness (QED) is 0.133. The normalized spacial score (nSPS) is 12.2. The molecule has 0 saturated carbocycles. The zero-order valence-electron chi connectivity index (χ0n) is 21.6. The van der Waals surface area contributed by atoms with Crippen LogP contribution < -0.4 is 21.7 Å². The second-order valence-corrected chi connectivity index (χ2v) is 9.09. The Hall–Kier alpha value is -4.48. The van der Waals surface area contributed by atoms with Crippen LogP contribution in [-0.4, -0.2) is 41.3 Å². The minimum Gasteiger partial charge on any atom is -0.457 e. The van der Waals surface area contributed by atoms with Crippen LogP contribution in [0.1, 0.15) is 49.5 Å². The van der Waals surface area contributed by atoms with Crippen molar-refractivity contribution in [2.45, 2.75) is 46.3 Å². The van der Waals surface area contributed by atoms with Gasteiger partial charge in [0.25, 0.3) is 5.69 Å². The lowest BCUT2D eigenvalue weighted by Gasteiger charge is -2.22. The summed E-state index contributed by atoms with van der Waals surface area (Å²) in [6.45, 7) is 5.85. The molecule has 0 bridgehead atoms. The van der Waals surface area contributed by atoms with Crippen molar-refractivity contribution in [2.24, 2.45) is 17.6 Å². The summed E-state index contributed by atoms with van der Waals surface area (Å²) < 4.78 is 5.25. The van der Waals surface area contributed by atoms with Gasteiger partial charge >= 0.3 is 12.0 Å². The number of rotatable bonds is 13. The van der Waals surface area contributed by atoms with Crippen molar-refractivity contribution in [1.82, 2.24) is 10.6 Å². The number of urea groups is 1. The number of carbonyl (C=O) groups is 4. The lowest BCUT2D eigenvalue weighted by Crippen LogP contribution is -2.46. The van der Waals surface area contributed by atoms with Gasteiger partial charge in [0.2, 0.25) is 11.8 Å². The molecule has 2 atom stereocenters. The van der Waals surface area contributed by atoms with Crippen LogP contribution in [0.25, 0.3) is 0 Å². The average Bonchev–Trinajstić information content (AvgIpc) is 2.88. The maximum atomic E-state index is 12.9. The van der Waals surface area contributed by atoms with Crippen molar-refractivity contribution in [3.05, 3.63) is 69.8 Å². The maximum absolute atomic E-state index is 12.9. The summed E-state index contributed by atoms with van der Waals surface area (Å²) in [5, 5.41) is 18.7. The van der Waals surface area contributed by atoms with Gasteiger partial charge in [-0.2, -0.15) is 0 Å². The smallest absolute Gasteiger partial charge is 0.338 e. The largest absolute Gasteiger partial charge is 0.457 e. The first-order valence-corrected chi connectivity index (χ1v) is 12.1. The lowest BCUT2D eigenvalue weighted by atomic mass is 9.96. The van der Waals surface area contributed by atoms with Crippen molar-refractivity contribution in [2.75, 3.05) is 11.9 Å². The monoisotopic (exact) mass is 527 g/mol. The van der Waals surface area contributed by atoms with Gasteiger partial charge in [0.05, 0.1) is 10.5 Å². The van der Waals surface area contributed by atoms with Crippen molar-refractivity contribution in [3.8, 4) is 0 Å². The molecule has 12 nitrogen and oxygen atoms in total. The number of benzene rings is 2. The number of carbonyl (C=O) groups excluding carboxylic acids is 4. The Labute approximate surface area is 220 Å². The molecular formula is C26H33N5O7. The highest BCUT2D eigenvalue weighted by Crippen LogP contribution is 2.16. The second kappa shape index (κ2) is 14.3. The van der Waals surface area contributed by atoms with Crippen LogP contribution in [0.4, 0.5) is 16.2 Å². The highest BCUT2D eigenvalue weighted by atomic mass is 16.6. The fourth-order valence-electron chi connectivity index (χ4n) is 3.26. The molecule has 2 rings (SSSR count). The van der Waals surface area contributed by atoms with Crippen molar-refractivity contribution < 1.29 is 28.8 Å². The molecule has 0 aliphatic carbocycles. The fourth-order valence-corrected chi connectivity index (χ4v) is 3.26. The average molecular weight is 528 g/mol. The molecule has 0 unspecified atom stereocenters. The van der Waals surface area contributed by atoms with Crippen molar-refractivity contribution in [1.29, 1.82) is 0 Å². The summed E-state index contributed by atoms with van der Waals surface area (Å²) in [7, 11) is 0. The van der Waals surface area contributed by atoms with Crippen LogP contribution in [-0.2, 0) is 20.9 Å². The summed E-state index contributed by atoms with van der Waals surface area (Å²) in [5.41, 5.74) is 6.27. The third-order valence-corrected chi connectivity index (χ3v) is 5.92. The molecule has 2 aromatic rings. The van der Waals surface area contributed by atoms with E-state index in [1.54, 1.807) is 31.2 Å². The highest BCUT2D eigenvalue weighted by Gasteiger charge is 2.25. The molecule has 38 heavy (non-hydrogen) atoms. The molecule has 0 aliphatic rings. The van der Waals surface area contributed by atoms with Gasteiger partial charge in [-0.15, -0.1) is 0 Å². The number of ether oxygens (including phenoxy) is 1. The predicted octanol–water partition coefficient (Wildman–Crippen LogP) is 3.12.